The number of halogens is 1. The third-order valence-electron chi connectivity index (χ3n) is 4.71. The fourth-order valence-corrected chi connectivity index (χ4v) is 3.87. The van der Waals surface area contributed by atoms with E-state index in [4.69, 9.17) is 11.5 Å². The molecule has 0 saturated heterocycles. The Hall–Kier alpha value is 0.355. The highest BCUT2D eigenvalue weighted by Gasteiger charge is 2.55. The zero-order valence-corrected chi connectivity index (χ0v) is 9.06. The van der Waals surface area contributed by atoms with Gasteiger partial charge in [-0.15, -0.1) is 0 Å². The van der Waals surface area contributed by atoms with Gasteiger partial charge in [0.1, 0.15) is 0 Å². The molecule has 0 N–H and O–H groups in total. The van der Waals surface area contributed by atoms with Crippen molar-refractivity contribution in [1.29, 1.82) is 0 Å². The first-order chi connectivity index (χ1) is 5.57. The molecule has 0 aromatic carbocycles. The highest BCUT2D eigenvalue weighted by Crippen LogP contribution is 2.64. The zero-order valence-electron chi connectivity index (χ0n) is 8.31. The summed E-state index contributed by atoms with van der Waals surface area (Å²) in [5.74, 6) is 3.60. The van der Waals surface area contributed by atoms with Gasteiger partial charge in [0, 0.05) is 0 Å². The minimum Gasteiger partial charge on any atom is -0.201 e. The predicted octanol–water partition coefficient (Wildman–Crippen LogP) is 3.07. The van der Waals surface area contributed by atoms with E-state index in [-0.39, 0.29) is 0 Å². The molecule has 4 atom stereocenters. The summed E-state index contributed by atoms with van der Waals surface area (Å²) in [6.45, 7) is 8.15. The van der Waals surface area contributed by atoms with Gasteiger partial charge in [-0.2, -0.15) is 0 Å². The molecule has 68 valence electrons. The molecule has 0 aromatic rings. The Bertz CT molecular complexity index is 190. The molecule has 3 fully saturated rings. The maximum atomic E-state index is 5.95. The minimum atomic E-state index is 0.627. The predicted molar refractivity (Wildman–Crippen MR) is 55.9 cm³/mol. The van der Waals surface area contributed by atoms with Crippen molar-refractivity contribution in [3.63, 3.8) is 0 Å². The number of fused-ring (bicyclic) bond motifs is 2. The van der Waals surface area contributed by atoms with Gasteiger partial charge in [0.25, 0.3) is 0 Å². The van der Waals surface area contributed by atoms with E-state index in [2.05, 4.69) is 20.8 Å². The molecule has 3 aliphatic carbocycles. The van der Waals surface area contributed by atoms with Crippen molar-refractivity contribution in [3.05, 3.63) is 0 Å². The summed E-state index contributed by atoms with van der Waals surface area (Å²) in [6, 6.07) is 0. The van der Waals surface area contributed by atoms with Gasteiger partial charge in [-0.1, -0.05) is 27.2 Å². The SMILES string of the molecule is C[C@H]1[C@H](BCl)C[C@@H]2C[C@H]1C2(C)C. The van der Waals surface area contributed by atoms with Crippen LogP contribution < -0.4 is 0 Å². The van der Waals surface area contributed by atoms with E-state index in [1.807, 2.05) is 0 Å². The van der Waals surface area contributed by atoms with Crippen molar-refractivity contribution in [3.8, 4) is 0 Å². The molecule has 0 amide bonds. The lowest BCUT2D eigenvalue weighted by molar-refractivity contribution is -0.0982. The van der Waals surface area contributed by atoms with Crippen molar-refractivity contribution < 1.29 is 0 Å². The van der Waals surface area contributed by atoms with Crippen molar-refractivity contribution in [1.82, 2.24) is 0 Å². The minimum absolute atomic E-state index is 0.627. The van der Waals surface area contributed by atoms with Crippen LogP contribution in [0.2, 0.25) is 5.82 Å². The number of rotatable bonds is 1. The summed E-state index contributed by atoms with van der Waals surface area (Å²) < 4.78 is 0. The van der Waals surface area contributed by atoms with E-state index < -0.39 is 0 Å². The lowest BCUT2D eigenvalue weighted by Crippen LogP contribution is -2.54. The Morgan fingerprint density at radius 1 is 1.33 bits per heavy atom. The molecule has 3 aliphatic rings. The lowest BCUT2D eigenvalue weighted by Gasteiger charge is -2.62. The Labute approximate surface area is 81.2 Å². The molecule has 0 radical (unpaired) electrons. The van der Waals surface area contributed by atoms with Crippen LogP contribution in [0.3, 0.4) is 0 Å². The summed E-state index contributed by atoms with van der Waals surface area (Å²) in [7, 11) is 0. The molecule has 0 heterocycles. The molecule has 2 bridgehead atoms. The standard InChI is InChI=1S/C10H18BCl/c1-6-8-4-7(10(8,2)3)5-9(6)11-12/h6-9,11H,4-5H2,1-3H3/t6-,7+,8-,9-/m1/s1. The zero-order chi connectivity index (χ0) is 8.93. The van der Waals surface area contributed by atoms with Crippen LogP contribution in [0.4, 0.5) is 0 Å². The average Bonchev–Trinajstić information content (AvgIpc) is 2.03. The van der Waals surface area contributed by atoms with E-state index in [9.17, 15) is 0 Å². The van der Waals surface area contributed by atoms with E-state index in [1.54, 1.807) is 0 Å². The highest BCUT2D eigenvalue weighted by atomic mass is 35.5. The maximum absolute atomic E-state index is 5.95. The van der Waals surface area contributed by atoms with Gasteiger partial charge in [0.15, 0.2) is 0 Å². The third-order valence-corrected chi connectivity index (χ3v) is 5.11. The number of hydrogen-bond donors (Lipinski definition) is 0. The largest absolute Gasteiger partial charge is 0.236 e. The third kappa shape index (κ3) is 0.983. The van der Waals surface area contributed by atoms with Gasteiger partial charge < -0.3 is 0 Å². The maximum Gasteiger partial charge on any atom is 0.236 e. The molecule has 0 nitrogen and oxygen atoms in total. The average molecular weight is 185 g/mol. The first-order valence-corrected chi connectivity index (χ1v) is 5.66. The molecule has 0 unspecified atom stereocenters. The first-order valence-electron chi connectivity index (χ1n) is 5.13. The van der Waals surface area contributed by atoms with E-state index in [0.29, 0.717) is 5.41 Å². The van der Waals surface area contributed by atoms with Crippen molar-refractivity contribution in [2.45, 2.75) is 39.4 Å². The van der Waals surface area contributed by atoms with Crippen molar-refractivity contribution in [2.75, 3.05) is 0 Å². The van der Waals surface area contributed by atoms with Crippen LogP contribution in [-0.4, -0.2) is 6.69 Å². The second-order valence-corrected chi connectivity index (χ2v) is 5.68. The quantitative estimate of drug-likeness (QED) is 0.550. The van der Waals surface area contributed by atoms with Crippen LogP contribution in [0.1, 0.15) is 33.6 Å². The Morgan fingerprint density at radius 3 is 2.42 bits per heavy atom. The van der Waals surface area contributed by atoms with Crippen LogP contribution in [0.15, 0.2) is 0 Å². The first kappa shape index (κ1) is 8.93. The van der Waals surface area contributed by atoms with Gasteiger partial charge in [0.05, 0.1) is 0 Å². The normalized spacial score (nSPS) is 49.7. The molecule has 3 rings (SSSR count). The molecule has 3 saturated carbocycles. The van der Waals surface area contributed by atoms with Gasteiger partial charge in [0.2, 0.25) is 6.69 Å². The monoisotopic (exact) mass is 184 g/mol. The second kappa shape index (κ2) is 2.67. The molecule has 2 heteroatoms. The Morgan fingerprint density at radius 2 is 2.00 bits per heavy atom. The molecule has 0 aromatic heterocycles. The van der Waals surface area contributed by atoms with Crippen LogP contribution in [0, 0.1) is 23.2 Å². The fourth-order valence-electron chi connectivity index (χ4n) is 3.46. The van der Waals surface area contributed by atoms with Crippen LogP contribution in [0.25, 0.3) is 0 Å². The van der Waals surface area contributed by atoms with E-state index >= 15 is 0 Å². The summed E-state index contributed by atoms with van der Waals surface area (Å²) >= 11 is 5.95. The van der Waals surface area contributed by atoms with Crippen molar-refractivity contribution >= 4 is 18.2 Å². The second-order valence-electron chi connectivity index (χ2n) is 5.37. The molecule has 0 spiro atoms. The van der Waals surface area contributed by atoms with E-state index in [0.717, 1.165) is 30.3 Å². The summed E-state index contributed by atoms with van der Waals surface area (Å²) in [6.07, 6.45) is 2.86. The van der Waals surface area contributed by atoms with Gasteiger partial charge >= 0.3 is 0 Å². The van der Waals surface area contributed by atoms with E-state index in [1.165, 1.54) is 12.8 Å². The van der Waals surface area contributed by atoms with Crippen molar-refractivity contribution in [2.24, 2.45) is 23.2 Å². The lowest BCUT2D eigenvalue weighted by atomic mass is 9.41. The molecule has 0 aliphatic heterocycles. The number of hydrogen-bond acceptors (Lipinski definition) is 0. The van der Waals surface area contributed by atoms with Crippen LogP contribution in [-0.2, 0) is 0 Å². The Balaban J connectivity index is 2.11. The van der Waals surface area contributed by atoms with Gasteiger partial charge in [-0.05, 0) is 35.4 Å². The molecular formula is C10H18BCl. The summed E-state index contributed by atoms with van der Waals surface area (Å²) in [5, 5.41) is 0. The topological polar surface area (TPSA) is 0 Å². The summed E-state index contributed by atoms with van der Waals surface area (Å²) in [5.41, 5.74) is 0.627. The Kier molecular flexibility index (Phi) is 1.99. The van der Waals surface area contributed by atoms with Gasteiger partial charge in [-0.25, -0.2) is 11.5 Å². The summed E-state index contributed by atoms with van der Waals surface area (Å²) in [4.78, 5) is 0. The highest BCUT2D eigenvalue weighted by molar-refractivity contribution is 6.94. The molecular weight excluding hydrogens is 166 g/mol. The molecule has 12 heavy (non-hydrogen) atoms. The smallest absolute Gasteiger partial charge is 0.201 e. The van der Waals surface area contributed by atoms with Gasteiger partial charge in [-0.3, -0.25) is 0 Å². The van der Waals surface area contributed by atoms with Crippen LogP contribution in [0.5, 0.6) is 0 Å². The fraction of sp³-hybridized carbons (Fsp3) is 1.00. The van der Waals surface area contributed by atoms with Crippen LogP contribution >= 0.6 is 11.5 Å².